The molecule has 2 aliphatic rings. The Morgan fingerprint density at radius 3 is 2.37 bits per heavy atom. The number of piperidine rings is 1. The molecule has 8 heteroatoms. The molecular formula is C38H33ClN4O2S. The van der Waals surface area contributed by atoms with Gasteiger partial charge in [-0.1, -0.05) is 84.4 Å². The molecule has 3 heterocycles. The second kappa shape index (κ2) is 13.8. The van der Waals surface area contributed by atoms with Gasteiger partial charge in [0, 0.05) is 35.4 Å². The third-order valence-corrected chi connectivity index (χ3v) is 9.63. The van der Waals surface area contributed by atoms with Crippen molar-refractivity contribution in [3.05, 3.63) is 142 Å². The Kier molecular flexibility index (Phi) is 9.03. The number of likely N-dealkylation sites (tertiary alicyclic amines) is 1. The van der Waals surface area contributed by atoms with E-state index in [2.05, 4.69) is 40.2 Å². The van der Waals surface area contributed by atoms with Gasteiger partial charge >= 0.3 is 0 Å². The first kappa shape index (κ1) is 30.1. The molecule has 6 nitrogen and oxygen atoms in total. The number of thioether (sulfide) groups is 1. The molecule has 4 aromatic carbocycles. The molecule has 0 unspecified atom stereocenters. The third-order valence-electron chi connectivity index (χ3n) is 8.34. The second-order valence-corrected chi connectivity index (χ2v) is 13.0. The summed E-state index contributed by atoms with van der Waals surface area (Å²) in [6, 6.07) is 36.2. The Morgan fingerprint density at radius 2 is 1.61 bits per heavy atom. The van der Waals surface area contributed by atoms with Crippen LogP contribution in [0.4, 0.5) is 0 Å². The van der Waals surface area contributed by atoms with Crippen molar-refractivity contribution >= 4 is 40.5 Å². The fourth-order valence-electron chi connectivity index (χ4n) is 5.86. The molecule has 0 bridgehead atoms. The summed E-state index contributed by atoms with van der Waals surface area (Å²) in [6.45, 7) is 2.23. The van der Waals surface area contributed by atoms with E-state index in [1.165, 1.54) is 17.3 Å². The number of carbonyl (C=O) groups excluding carboxylic acids is 1. The van der Waals surface area contributed by atoms with Crippen LogP contribution in [0.15, 0.2) is 125 Å². The number of hydrogen-bond acceptors (Lipinski definition) is 5. The standard InChI is InChI=1S/C38H33ClN4O2S/c39-32-16-14-29(15-17-32)26-45-34-13-7-10-30(23-34)36-31(25-43(41-36)33-11-5-2-6-12-33)24-35-37(44)40-38(46-35)42-20-18-28(19-21-42)22-27-8-3-1-4-9-27/h1-17,23-25,28H,18-22,26H2. The number of aromatic nitrogens is 2. The van der Waals surface area contributed by atoms with Crippen LogP contribution in [-0.2, 0) is 17.8 Å². The maximum atomic E-state index is 13.2. The van der Waals surface area contributed by atoms with E-state index in [9.17, 15) is 4.79 Å². The lowest BCUT2D eigenvalue weighted by Crippen LogP contribution is -2.37. The first-order chi connectivity index (χ1) is 22.6. The highest BCUT2D eigenvalue weighted by atomic mass is 35.5. The number of hydrogen-bond donors (Lipinski definition) is 0. The van der Waals surface area contributed by atoms with Gasteiger partial charge in [0.25, 0.3) is 5.91 Å². The van der Waals surface area contributed by atoms with Crippen molar-refractivity contribution in [2.24, 2.45) is 10.9 Å². The molecule has 0 atom stereocenters. The van der Waals surface area contributed by atoms with Crippen molar-refractivity contribution in [1.29, 1.82) is 0 Å². The summed E-state index contributed by atoms with van der Waals surface area (Å²) < 4.78 is 7.98. The van der Waals surface area contributed by atoms with Crippen molar-refractivity contribution < 1.29 is 9.53 Å². The molecule has 230 valence electrons. The van der Waals surface area contributed by atoms with Crippen LogP contribution in [0.25, 0.3) is 23.0 Å². The van der Waals surface area contributed by atoms with Gasteiger partial charge < -0.3 is 9.64 Å². The fourth-order valence-corrected chi connectivity index (χ4v) is 6.94. The number of nitrogens with zero attached hydrogens (tertiary/aromatic N) is 4. The number of benzene rings is 4. The van der Waals surface area contributed by atoms with Crippen molar-refractivity contribution in [2.75, 3.05) is 13.1 Å². The fraction of sp³-hybridized carbons (Fsp3) is 0.184. The lowest BCUT2D eigenvalue weighted by Gasteiger charge is -2.32. The van der Waals surface area contributed by atoms with Gasteiger partial charge in [0.2, 0.25) is 0 Å². The summed E-state index contributed by atoms with van der Waals surface area (Å²) in [5.41, 5.74) is 5.85. The second-order valence-electron chi connectivity index (χ2n) is 11.6. The third kappa shape index (κ3) is 7.11. The molecule has 46 heavy (non-hydrogen) atoms. The number of amidine groups is 1. The van der Waals surface area contributed by atoms with Gasteiger partial charge in [0.1, 0.15) is 18.1 Å². The zero-order valence-corrected chi connectivity index (χ0v) is 26.8. The van der Waals surface area contributed by atoms with Gasteiger partial charge in [-0.3, -0.25) is 4.79 Å². The monoisotopic (exact) mass is 644 g/mol. The Bertz CT molecular complexity index is 1880. The molecule has 0 aliphatic carbocycles. The Balaban J connectivity index is 1.10. The van der Waals surface area contributed by atoms with E-state index in [1.54, 1.807) is 0 Å². The number of amides is 1. The average molecular weight is 645 g/mol. The van der Waals surface area contributed by atoms with E-state index < -0.39 is 0 Å². The minimum atomic E-state index is -0.204. The summed E-state index contributed by atoms with van der Waals surface area (Å²) in [7, 11) is 0. The highest BCUT2D eigenvalue weighted by molar-refractivity contribution is 8.18. The van der Waals surface area contributed by atoms with Crippen molar-refractivity contribution in [1.82, 2.24) is 14.7 Å². The number of rotatable bonds is 8. The summed E-state index contributed by atoms with van der Waals surface area (Å²) >= 11 is 7.50. The summed E-state index contributed by atoms with van der Waals surface area (Å²) in [5.74, 6) is 1.17. The Hall–Kier alpha value is -4.59. The number of ether oxygens (including phenoxy) is 1. The van der Waals surface area contributed by atoms with Crippen LogP contribution in [-0.4, -0.2) is 38.8 Å². The minimum absolute atomic E-state index is 0.204. The number of aliphatic imine (C=N–C) groups is 1. The highest BCUT2D eigenvalue weighted by Crippen LogP contribution is 2.35. The SMILES string of the molecule is O=C1N=C(N2CCC(Cc3ccccc3)CC2)SC1=Cc1cn(-c2ccccc2)nc1-c1cccc(OCc2ccc(Cl)cc2)c1. The van der Waals surface area contributed by atoms with Crippen molar-refractivity contribution in [2.45, 2.75) is 25.9 Å². The Labute approximate surface area is 278 Å². The number of halogens is 1. The zero-order chi connectivity index (χ0) is 31.3. The average Bonchev–Trinajstić information content (AvgIpc) is 3.69. The number of para-hydroxylation sites is 1. The normalized spacial score (nSPS) is 16.2. The summed E-state index contributed by atoms with van der Waals surface area (Å²) in [6.07, 6.45) is 7.17. The van der Waals surface area contributed by atoms with Crippen LogP contribution in [0.1, 0.15) is 29.5 Å². The van der Waals surface area contributed by atoms with Gasteiger partial charge in [0.15, 0.2) is 5.17 Å². The molecule has 0 saturated carbocycles. The molecule has 1 saturated heterocycles. The van der Waals surface area contributed by atoms with Crippen LogP contribution in [0.3, 0.4) is 0 Å². The predicted octanol–water partition coefficient (Wildman–Crippen LogP) is 8.70. The maximum Gasteiger partial charge on any atom is 0.286 e. The molecule has 1 aromatic heterocycles. The summed E-state index contributed by atoms with van der Waals surface area (Å²) in [5, 5.41) is 6.46. The van der Waals surface area contributed by atoms with Gasteiger partial charge in [-0.2, -0.15) is 10.1 Å². The van der Waals surface area contributed by atoms with Crippen LogP contribution in [0, 0.1) is 5.92 Å². The Morgan fingerprint density at radius 1 is 0.870 bits per heavy atom. The first-order valence-electron chi connectivity index (χ1n) is 15.5. The largest absolute Gasteiger partial charge is 0.489 e. The van der Waals surface area contributed by atoms with Gasteiger partial charge in [0.05, 0.1) is 10.6 Å². The van der Waals surface area contributed by atoms with Crippen molar-refractivity contribution in [3.8, 4) is 22.7 Å². The zero-order valence-electron chi connectivity index (χ0n) is 25.3. The van der Waals surface area contributed by atoms with E-state index in [0.717, 1.165) is 71.3 Å². The molecule has 1 amide bonds. The van der Waals surface area contributed by atoms with Crippen LogP contribution < -0.4 is 4.74 Å². The van der Waals surface area contributed by atoms with Crippen LogP contribution in [0.2, 0.25) is 5.02 Å². The van der Waals surface area contributed by atoms with Crippen LogP contribution >= 0.6 is 23.4 Å². The lowest BCUT2D eigenvalue weighted by atomic mass is 9.90. The molecule has 0 N–H and O–H groups in total. The van der Waals surface area contributed by atoms with Crippen LogP contribution in [0.5, 0.6) is 5.75 Å². The summed E-state index contributed by atoms with van der Waals surface area (Å²) in [4.78, 5) is 20.5. The number of carbonyl (C=O) groups is 1. The van der Waals surface area contributed by atoms with E-state index in [0.29, 0.717) is 22.5 Å². The van der Waals surface area contributed by atoms with E-state index in [4.69, 9.17) is 21.4 Å². The molecule has 2 aliphatic heterocycles. The van der Waals surface area contributed by atoms with E-state index in [1.807, 2.05) is 95.8 Å². The molecular weight excluding hydrogens is 612 g/mol. The molecule has 7 rings (SSSR count). The van der Waals surface area contributed by atoms with Gasteiger partial charge in [-0.05, 0) is 90.5 Å². The first-order valence-corrected chi connectivity index (χ1v) is 16.7. The molecule has 1 fully saturated rings. The predicted molar refractivity (Wildman–Crippen MR) is 187 cm³/mol. The molecule has 0 radical (unpaired) electrons. The molecule has 5 aromatic rings. The van der Waals surface area contributed by atoms with Crippen molar-refractivity contribution in [3.63, 3.8) is 0 Å². The molecule has 0 spiro atoms. The quantitative estimate of drug-likeness (QED) is 0.158. The topological polar surface area (TPSA) is 59.7 Å². The van der Waals surface area contributed by atoms with E-state index in [-0.39, 0.29) is 5.91 Å². The highest BCUT2D eigenvalue weighted by Gasteiger charge is 2.29. The lowest BCUT2D eigenvalue weighted by molar-refractivity contribution is -0.113. The van der Waals surface area contributed by atoms with Gasteiger partial charge in [-0.15, -0.1) is 0 Å². The minimum Gasteiger partial charge on any atom is -0.489 e. The van der Waals surface area contributed by atoms with Gasteiger partial charge in [-0.25, -0.2) is 4.68 Å². The van der Waals surface area contributed by atoms with E-state index >= 15 is 0 Å². The maximum absolute atomic E-state index is 13.2. The smallest absolute Gasteiger partial charge is 0.286 e.